The van der Waals surface area contributed by atoms with E-state index in [1.807, 2.05) is 64.9 Å². The van der Waals surface area contributed by atoms with Gasteiger partial charge < -0.3 is 34.7 Å². The molecule has 0 aliphatic carbocycles. The maximum Gasteiger partial charge on any atom is 0.337 e. The molecule has 14 heteroatoms. The van der Waals surface area contributed by atoms with Crippen LogP contribution in [0.2, 0.25) is 15.1 Å². The first kappa shape index (κ1) is 39.3. The SMILES string of the molecule is COC(=O)c1ccc(N2CCC(NC(=O)N3CCCC3)CC2)c(NC(=O)c2[nH]c3cc(Cl)ccc3c2-c2c(-c3ccccc3)ncn2[C@@H](C)c2ccc(Cl)cc2Cl)c1. The van der Waals surface area contributed by atoms with Gasteiger partial charge in [0.15, 0.2) is 0 Å². The van der Waals surface area contributed by atoms with Gasteiger partial charge in [0.25, 0.3) is 5.91 Å². The van der Waals surface area contributed by atoms with Gasteiger partial charge in [-0.3, -0.25) is 4.79 Å². The van der Waals surface area contributed by atoms with Crippen LogP contribution in [0.4, 0.5) is 16.2 Å². The average molecular weight is 839 g/mol. The molecule has 4 aromatic carbocycles. The van der Waals surface area contributed by atoms with Crippen molar-refractivity contribution < 1.29 is 19.1 Å². The lowest BCUT2D eigenvalue weighted by molar-refractivity contribution is 0.0600. The van der Waals surface area contributed by atoms with Gasteiger partial charge in [-0.1, -0.05) is 77.3 Å². The number of piperidine rings is 1. The highest BCUT2D eigenvalue weighted by atomic mass is 35.5. The van der Waals surface area contributed by atoms with Crippen molar-refractivity contribution in [3.63, 3.8) is 0 Å². The Morgan fingerprint density at radius 3 is 2.33 bits per heavy atom. The lowest BCUT2D eigenvalue weighted by atomic mass is 9.99. The molecule has 0 radical (unpaired) electrons. The van der Waals surface area contributed by atoms with Crippen LogP contribution in [-0.4, -0.2) is 76.7 Å². The second kappa shape index (κ2) is 16.8. The summed E-state index contributed by atoms with van der Waals surface area (Å²) in [5.41, 5.74) is 6.02. The largest absolute Gasteiger partial charge is 0.465 e. The van der Waals surface area contributed by atoms with Crippen molar-refractivity contribution in [3.8, 4) is 22.5 Å². The molecule has 4 heterocycles. The molecular formula is C44H42Cl3N7O4. The number of amides is 3. The number of nitrogens with zero attached hydrogens (tertiary/aromatic N) is 4. The van der Waals surface area contributed by atoms with E-state index in [9.17, 15) is 14.4 Å². The molecule has 2 aromatic heterocycles. The van der Waals surface area contributed by atoms with Gasteiger partial charge in [-0.2, -0.15) is 0 Å². The molecule has 8 rings (SSSR count). The van der Waals surface area contributed by atoms with E-state index in [-0.39, 0.29) is 29.4 Å². The highest BCUT2D eigenvalue weighted by molar-refractivity contribution is 6.35. The smallest absolute Gasteiger partial charge is 0.337 e. The molecular weight excluding hydrogens is 797 g/mol. The number of aromatic nitrogens is 3. The normalized spacial score (nSPS) is 15.1. The van der Waals surface area contributed by atoms with Gasteiger partial charge in [0, 0.05) is 69.3 Å². The number of likely N-dealkylation sites (tertiary alicyclic amines) is 1. The molecule has 1 atom stereocenters. The number of imidazole rings is 1. The second-order valence-corrected chi connectivity index (χ2v) is 16.0. The number of urea groups is 1. The first-order valence-corrected chi connectivity index (χ1v) is 20.5. The maximum absolute atomic E-state index is 14.9. The van der Waals surface area contributed by atoms with Crippen molar-refractivity contribution >= 4 is 75.0 Å². The molecule has 2 fully saturated rings. The van der Waals surface area contributed by atoms with Crippen LogP contribution in [0, 0.1) is 0 Å². The van der Waals surface area contributed by atoms with Gasteiger partial charge in [-0.25, -0.2) is 14.6 Å². The lowest BCUT2D eigenvalue weighted by Gasteiger charge is -2.35. The van der Waals surface area contributed by atoms with Crippen LogP contribution < -0.4 is 15.5 Å². The summed E-state index contributed by atoms with van der Waals surface area (Å²) in [6, 6.07) is 25.5. The first-order chi connectivity index (χ1) is 28.1. The molecule has 2 aliphatic rings. The Morgan fingerprint density at radius 1 is 0.879 bits per heavy atom. The van der Waals surface area contributed by atoms with Crippen molar-refractivity contribution in [2.24, 2.45) is 0 Å². The fourth-order valence-electron chi connectivity index (χ4n) is 8.08. The van der Waals surface area contributed by atoms with Crippen LogP contribution >= 0.6 is 34.8 Å². The quantitative estimate of drug-likeness (QED) is 0.125. The van der Waals surface area contributed by atoms with Crippen LogP contribution in [0.15, 0.2) is 91.3 Å². The number of anilines is 2. The van der Waals surface area contributed by atoms with Crippen molar-refractivity contribution in [3.05, 3.63) is 123 Å². The zero-order valence-corrected chi connectivity index (χ0v) is 34.3. The average Bonchev–Trinajstić information content (AvgIpc) is 4.00. The molecule has 11 nitrogen and oxygen atoms in total. The number of aromatic amines is 1. The number of rotatable bonds is 9. The number of hydrogen-bond donors (Lipinski definition) is 3. The van der Waals surface area contributed by atoms with Gasteiger partial charge in [0.2, 0.25) is 0 Å². The Kier molecular flexibility index (Phi) is 11.4. The molecule has 3 N–H and O–H groups in total. The van der Waals surface area contributed by atoms with E-state index in [1.165, 1.54) is 7.11 Å². The van der Waals surface area contributed by atoms with Gasteiger partial charge in [0.05, 0.1) is 47.8 Å². The highest BCUT2D eigenvalue weighted by Gasteiger charge is 2.30. The minimum absolute atomic E-state index is 0.0100. The topological polar surface area (TPSA) is 125 Å². The lowest BCUT2D eigenvalue weighted by Crippen LogP contribution is -2.48. The number of halogens is 3. The molecule has 2 saturated heterocycles. The summed E-state index contributed by atoms with van der Waals surface area (Å²) >= 11 is 19.6. The molecule has 0 bridgehead atoms. The number of H-pyrrole nitrogens is 1. The number of nitrogens with one attached hydrogen (secondary N) is 3. The number of esters is 1. The standard InChI is InChI=1S/C44H42Cl3N7O4/c1-26(32-13-11-29(45)23-34(32)47)54-25-48-39(27-8-4-3-5-9-27)41(54)38-33-14-12-30(46)24-35(33)50-40(38)42(55)51-36-22-28(43(56)58-2)10-15-37(36)52-20-16-31(17-21-52)49-44(57)53-18-6-7-19-53/h3-5,8-15,22-26,31,50H,6-7,16-21H2,1-2H3,(H,49,57)(H,51,55)/t26-/m0/s1. The van der Waals surface area contributed by atoms with Gasteiger partial charge in [-0.15, -0.1) is 0 Å². The summed E-state index contributed by atoms with van der Waals surface area (Å²) in [7, 11) is 1.32. The summed E-state index contributed by atoms with van der Waals surface area (Å²) in [6.07, 6.45) is 5.27. The monoisotopic (exact) mass is 837 g/mol. The molecule has 58 heavy (non-hydrogen) atoms. The van der Waals surface area contributed by atoms with E-state index in [0.29, 0.717) is 56.3 Å². The number of fused-ring (bicyclic) bond motifs is 1. The van der Waals surface area contributed by atoms with Crippen molar-refractivity contribution in [2.45, 2.75) is 44.7 Å². The van der Waals surface area contributed by atoms with Crippen LogP contribution in [0.25, 0.3) is 33.4 Å². The van der Waals surface area contributed by atoms with Gasteiger partial charge >= 0.3 is 12.0 Å². The predicted octanol–water partition coefficient (Wildman–Crippen LogP) is 10.1. The van der Waals surface area contributed by atoms with Gasteiger partial charge in [0.1, 0.15) is 5.69 Å². The predicted molar refractivity (Wildman–Crippen MR) is 231 cm³/mol. The number of methoxy groups -OCH3 is 1. The fraction of sp³-hybridized carbons (Fsp3) is 0.273. The third-order valence-corrected chi connectivity index (χ3v) is 11.9. The fourth-order valence-corrected chi connectivity index (χ4v) is 8.82. The zero-order valence-electron chi connectivity index (χ0n) is 32.0. The highest BCUT2D eigenvalue weighted by Crippen LogP contribution is 2.43. The van der Waals surface area contributed by atoms with E-state index >= 15 is 0 Å². The van der Waals surface area contributed by atoms with E-state index in [4.69, 9.17) is 44.5 Å². The summed E-state index contributed by atoms with van der Waals surface area (Å²) in [6.45, 7) is 4.86. The molecule has 0 unspecified atom stereocenters. The summed E-state index contributed by atoms with van der Waals surface area (Å²) in [4.78, 5) is 53.0. The third-order valence-electron chi connectivity index (χ3n) is 11.1. The summed E-state index contributed by atoms with van der Waals surface area (Å²) < 4.78 is 7.08. The first-order valence-electron chi connectivity index (χ1n) is 19.3. The number of ether oxygens (including phenoxy) is 1. The summed E-state index contributed by atoms with van der Waals surface area (Å²) in [5, 5.41) is 8.65. The zero-order chi connectivity index (χ0) is 40.5. The molecule has 6 aromatic rings. The number of carbonyl (C=O) groups is 3. The van der Waals surface area contributed by atoms with Crippen LogP contribution in [0.1, 0.15) is 65.1 Å². The molecule has 0 spiro atoms. The molecule has 298 valence electrons. The Hall–Kier alpha value is -5.49. The summed E-state index contributed by atoms with van der Waals surface area (Å²) in [5.74, 6) is -0.972. The number of benzene rings is 4. The number of hydrogen-bond acceptors (Lipinski definition) is 6. The Labute approximate surface area is 351 Å². The molecule has 2 aliphatic heterocycles. The van der Waals surface area contributed by atoms with Crippen LogP contribution in [0.5, 0.6) is 0 Å². The van der Waals surface area contributed by atoms with Crippen molar-refractivity contribution in [1.29, 1.82) is 0 Å². The minimum atomic E-state index is -0.530. The maximum atomic E-state index is 14.9. The van der Waals surface area contributed by atoms with Crippen molar-refractivity contribution in [2.75, 3.05) is 43.5 Å². The van der Waals surface area contributed by atoms with Crippen LogP contribution in [-0.2, 0) is 4.74 Å². The Balaban J connectivity index is 1.20. The second-order valence-electron chi connectivity index (χ2n) is 14.7. The van der Waals surface area contributed by atoms with E-state index in [2.05, 4.69) is 20.5 Å². The number of carbonyl (C=O) groups excluding carboxylic acids is 3. The third kappa shape index (κ3) is 7.86. The Bertz CT molecular complexity index is 2510. The van der Waals surface area contributed by atoms with Gasteiger partial charge in [-0.05, 0) is 80.6 Å². The van der Waals surface area contributed by atoms with E-state index in [0.717, 1.165) is 61.0 Å². The van der Waals surface area contributed by atoms with E-state index in [1.54, 1.807) is 42.7 Å². The van der Waals surface area contributed by atoms with Crippen LogP contribution in [0.3, 0.4) is 0 Å². The van der Waals surface area contributed by atoms with E-state index < -0.39 is 11.9 Å². The minimum Gasteiger partial charge on any atom is -0.465 e. The molecule has 3 amide bonds. The molecule has 0 saturated carbocycles. The Morgan fingerprint density at radius 2 is 1.60 bits per heavy atom. The van der Waals surface area contributed by atoms with Crippen molar-refractivity contribution in [1.82, 2.24) is 24.8 Å².